The first-order valence-electron chi connectivity index (χ1n) is 11.0. The number of carbonyl (C=O) groups is 1. The molecule has 1 aliphatic rings. The topological polar surface area (TPSA) is 124 Å². The molecular formula is C23H27N5O5S2. The van der Waals surface area contributed by atoms with Gasteiger partial charge in [-0.2, -0.15) is 0 Å². The van der Waals surface area contributed by atoms with Gasteiger partial charge >= 0.3 is 0 Å². The van der Waals surface area contributed by atoms with Crippen molar-refractivity contribution in [3.63, 3.8) is 0 Å². The molecule has 0 saturated carbocycles. The monoisotopic (exact) mass is 517 g/mol. The number of methoxy groups -OCH3 is 1. The maximum atomic E-state index is 12.4. The van der Waals surface area contributed by atoms with Crippen LogP contribution in [0.25, 0.3) is 17.1 Å². The zero-order valence-electron chi connectivity index (χ0n) is 19.4. The second-order valence-corrected chi connectivity index (χ2v) is 10.7. The van der Waals surface area contributed by atoms with Crippen LogP contribution in [0.1, 0.15) is 12.8 Å². The molecule has 3 aromatic rings. The molecule has 1 saturated heterocycles. The predicted molar refractivity (Wildman–Crippen MR) is 135 cm³/mol. The Morgan fingerprint density at radius 1 is 1.20 bits per heavy atom. The van der Waals surface area contributed by atoms with Crippen molar-refractivity contribution < 1.29 is 22.7 Å². The number of nitrogens with zero attached hydrogens (tertiary/aromatic N) is 3. The van der Waals surface area contributed by atoms with Crippen LogP contribution in [0.2, 0.25) is 0 Å². The Bertz CT molecular complexity index is 1270. The van der Waals surface area contributed by atoms with E-state index in [-0.39, 0.29) is 17.8 Å². The zero-order chi connectivity index (χ0) is 24.8. The number of rotatable bonds is 10. The van der Waals surface area contributed by atoms with Crippen molar-refractivity contribution in [1.29, 1.82) is 0 Å². The highest BCUT2D eigenvalue weighted by molar-refractivity contribution is 7.99. The van der Waals surface area contributed by atoms with E-state index in [1.807, 2.05) is 28.8 Å². The van der Waals surface area contributed by atoms with Crippen LogP contribution in [-0.2, 0) is 19.6 Å². The SMILES string of the molecule is COc1ccccc1-n1c(SCC(=O)NC[C@@H]2CCCO2)nnc1-c1ccc(NS(C)(=O)=O)cc1. The maximum Gasteiger partial charge on any atom is 0.230 e. The molecule has 4 rings (SSSR count). The fraction of sp³-hybridized carbons (Fsp3) is 0.348. The van der Waals surface area contributed by atoms with Crippen molar-refractivity contribution in [3.8, 4) is 22.8 Å². The first kappa shape index (κ1) is 25.0. The van der Waals surface area contributed by atoms with Gasteiger partial charge in [0.2, 0.25) is 15.9 Å². The van der Waals surface area contributed by atoms with Gasteiger partial charge < -0.3 is 14.8 Å². The summed E-state index contributed by atoms with van der Waals surface area (Å²) in [6.07, 6.45) is 3.15. The van der Waals surface area contributed by atoms with Crippen LogP contribution in [-0.4, -0.2) is 67.5 Å². The number of aromatic nitrogens is 3. The predicted octanol–water partition coefficient (Wildman–Crippen LogP) is 2.70. The van der Waals surface area contributed by atoms with Crippen molar-refractivity contribution in [2.45, 2.75) is 24.1 Å². The average molecular weight is 518 g/mol. The van der Waals surface area contributed by atoms with Crippen LogP contribution in [0, 0.1) is 0 Å². The van der Waals surface area contributed by atoms with E-state index < -0.39 is 10.0 Å². The number of ether oxygens (including phenoxy) is 2. The molecule has 1 aliphatic heterocycles. The molecule has 35 heavy (non-hydrogen) atoms. The van der Waals surface area contributed by atoms with E-state index in [2.05, 4.69) is 20.2 Å². The number of sulfonamides is 1. The number of hydrogen-bond donors (Lipinski definition) is 2. The number of anilines is 1. The summed E-state index contributed by atoms with van der Waals surface area (Å²) in [5, 5.41) is 12.2. The van der Waals surface area contributed by atoms with Gasteiger partial charge in [-0.05, 0) is 49.2 Å². The number of nitrogens with one attached hydrogen (secondary N) is 2. The number of thioether (sulfide) groups is 1. The fourth-order valence-corrected chi connectivity index (χ4v) is 5.04. The molecule has 0 spiro atoms. The zero-order valence-corrected chi connectivity index (χ0v) is 21.1. The summed E-state index contributed by atoms with van der Waals surface area (Å²) in [6, 6.07) is 14.3. The molecule has 2 N–H and O–H groups in total. The lowest BCUT2D eigenvalue weighted by molar-refractivity contribution is -0.119. The van der Waals surface area contributed by atoms with Gasteiger partial charge in [0.05, 0.1) is 30.9 Å². The second kappa shape index (κ2) is 11.1. The maximum absolute atomic E-state index is 12.4. The fourth-order valence-electron chi connectivity index (χ4n) is 3.70. The van der Waals surface area contributed by atoms with Gasteiger partial charge in [-0.1, -0.05) is 23.9 Å². The lowest BCUT2D eigenvalue weighted by atomic mass is 10.2. The highest BCUT2D eigenvalue weighted by Crippen LogP contribution is 2.33. The molecule has 1 aromatic heterocycles. The summed E-state index contributed by atoms with van der Waals surface area (Å²) >= 11 is 1.27. The second-order valence-electron chi connectivity index (χ2n) is 7.99. The van der Waals surface area contributed by atoms with Crippen LogP contribution < -0.4 is 14.8 Å². The van der Waals surface area contributed by atoms with Crippen molar-refractivity contribution >= 4 is 33.4 Å². The lowest BCUT2D eigenvalue weighted by Gasteiger charge is -2.14. The van der Waals surface area contributed by atoms with Crippen molar-refractivity contribution in [3.05, 3.63) is 48.5 Å². The van der Waals surface area contributed by atoms with Crippen LogP contribution >= 0.6 is 11.8 Å². The van der Waals surface area contributed by atoms with E-state index in [1.165, 1.54) is 11.8 Å². The summed E-state index contributed by atoms with van der Waals surface area (Å²) in [4.78, 5) is 12.4. The molecule has 0 bridgehead atoms. The van der Waals surface area contributed by atoms with Gasteiger partial charge in [0.1, 0.15) is 5.75 Å². The Morgan fingerprint density at radius 2 is 1.97 bits per heavy atom. The molecule has 1 atom stereocenters. The standard InChI is InChI=1S/C23H27N5O5S2/c1-32-20-8-4-3-7-19(20)28-22(16-9-11-17(12-10-16)27-35(2,30)31)25-26-23(28)34-15-21(29)24-14-18-6-5-13-33-18/h3-4,7-12,18,27H,5-6,13-15H2,1-2H3,(H,24,29)/t18-/m0/s1. The van der Waals surface area contributed by atoms with E-state index in [4.69, 9.17) is 9.47 Å². The minimum absolute atomic E-state index is 0.0768. The molecule has 1 amide bonds. The molecule has 186 valence electrons. The first-order valence-corrected chi connectivity index (χ1v) is 13.9. The Labute approximate surface area is 208 Å². The lowest BCUT2D eigenvalue weighted by Crippen LogP contribution is -2.32. The van der Waals surface area contributed by atoms with Gasteiger partial charge in [-0.3, -0.25) is 14.1 Å². The number of para-hydroxylation sites is 2. The molecule has 0 radical (unpaired) electrons. The smallest absolute Gasteiger partial charge is 0.230 e. The molecule has 0 aliphatic carbocycles. The minimum Gasteiger partial charge on any atom is -0.495 e. The summed E-state index contributed by atoms with van der Waals surface area (Å²) < 4.78 is 38.4. The molecule has 2 heterocycles. The molecule has 10 nitrogen and oxygen atoms in total. The van der Waals surface area contributed by atoms with Gasteiger partial charge in [0, 0.05) is 24.4 Å². The highest BCUT2D eigenvalue weighted by atomic mass is 32.2. The van der Waals surface area contributed by atoms with Gasteiger partial charge in [0.15, 0.2) is 11.0 Å². The molecule has 12 heteroatoms. The normalized spacial score (nSPS) is 15.7. The summed E-state index contributed by atoms with van der Waals surface area (Å²) in [6.45, 7) is 1.24. The van der Waals surface area contributed by atoms with E-state index in [1.54, 1.807) is 31.4 Å². The summed E-state index contributed by atoms with van der Waals surface area (Å²) in [7, 11) is -1.80. The quantitative estimate of drug-likeness (QED) is 0.394. The Kier molecular flexibility index (Phi) is 7.93. The number of benzene rings is 2. The van der Waals surface area contributed by atoms with E-state index in [9.17, 15) is 13.2 Å². The van der Waals surface area contributed by atoms with E-state index in [0.29, 0.717) is 29.0 Å². The molecular weight excluding hydrogens is 490 g/mol. The van der Waals surface area contributed by atoms with Crippen LogP contribution in [0.3, 0.4) is 0 Å². The number of carbonyl (C=O) groups excluding carboxylic acids is 1. The summed E-state index contributed by atoms with van der Waals surface area (Å²) in [5.74, 6) is 1.20. The summed E-state index contributed by atoms with van der Waals surface area (Å²) in [5.41, 5.74) is 1.88. The molecule has 0 unspecified atom stereocenters. The number of hydrogen-bond acceptors (Lipinski definition) is 8. The van der Waals surface area contributed by atoms with Crippen molar-refractivity contribution in [2.24, 2.45) is 0 Å². The van der Waals surface area contributed by atoms with E-state index >= 15 is 0 Å². The van der Waals surface area contributed by atoms with E-state index in [0.717, 1.165) is 37.0 Å². The first-order chi connectivity index (χ1) is 16.8. The van der Waals surface area contributed by atoms with Gasteiger partial charge in [0.25, 0.3) is 0 Å². The largest absolute Gasteiger partial charge is 0.495 e. The van der Waals surface area contributed by atoms with Gasteiger partial charge in [-0.15, -0.1) is 10.2 Å². The third kappa shape index (κ3) is 6.53. The van der Waals surface area contributed by atoms with Crippen LogP contribution in [0.4, 0.5) is 5.69 Å². The Morgan fingerprint density at radius 3 is 2.66 bits per heavy atom. The Hall–Kier alpha value is -3.09. The van der Waals surface area contributed by atoms with Crippen LogP contribution in [0.15, 0.2) is 53.7 Å². The average Bonchev–Trinajstić information content (AvgIpc) is 3.51. The van der Waals surface area contributed by atoms with Crippen molar-refractivity contribution in [1.82, 2.24) is 20.1 Å². The third-order valence-electron chi connectivity index (χ3n) is 5.29. The van der Waals surface area contributed by atoms with Gasteiger partial charge in [-0.25, -0.2) is 8.42 Å². The van der Waals surface area contributed by atoms with Crippen molar-refractivity contribution in [2.75, 3.05) is 37.0 Å². The van der Waals surface area contributed by atoms with Crippen LogP contribution in [0.5, 0.6) is 5.75 Å². The molecule has 1 fully saturated rings. The minimum atomic E-state index is -3.39. The number of amides is 1. The molecule has 2 aromatic carbocycles. The third-order valence-corrected chi connectivity index (χ3v) is 6.82. The highest BCUT2D eigenvalue weighted by Gasteiger charge is 2.21. The Balaban J connectivity index is 1.59.